The Labute approximate surface area is 93.7 Å². The van der Waals surface area contributed by atoms with Gasteiger partial charge in [0.2, 0.25) is 0 Å². The highest BCUT2D eigenvalue weighted by Gasteiger charge is 2.01. The van der Waals surface area contributed by atoms with E-state index >= 15 is 0 Å². The van der Waals surface area contributed by atoms with Gasteiger partial charge >= 0.3 is 0 Å². The van der Waals surface area contributed by atoms with Gasteiger partial charge in [0.05, 0.1) is 6.61 Å². The molecule has 0 saturated carbocycles. The van der Waals surface area contributed by atoms with E-state index in [4.69, 9.17) is 4.74 Å². The molecule has 0 unspecified atom stereocenters. The molecule has 0 amide bonds. The minimum atomic E-state index is 0.130. The first-order valence-corrected chi connectivity index (χ1v) is 5.91. The quantitative estimate of drug-likeness (QED) is 0.432. The van der Waals surface area contributed by atoms with Gasteiger partial charge in [-0.25, -0.2) is 0 Å². The summed E-state index contributed by atoms with van der Waals surface area (Å²) in [5.41, 5.74) is 0.813. The summed E-state index contributed by atoms with van der Waals surface area (Å²) >= 11 is 0. The summed E-state index contributed by atoms with van der Waals surface area (Å²) in [7, 11) is 1.62. The lowest BCUT2D eigenvalue weighted by atomic mass is 10.1. The zero-order valence-corrected chi connectivity index (χ0v) is 10.3. The molecule has 0 rings (SSSR count). The average molecular weight is 212 g/mol. The number of unbranched alkanes of at least 4 members (excludes halogenated alkanes) is 5. The second-order valence-corrected chi connectivity index (χ2v) is 3.92. The van der Waals surface area contributed by atoms with Gasteiger partial charge in [-0.1, -0.05) is 38.7 Å². The number of allylic oxidation sites excluding steroid dienone is 1. The van der Waals surface area contributed by atoms with E-state index in [-0.39, 0.29) is 5.78 Å². The Bertz CT molecular complexity index is 195. The first-order chi connectivity index (χ1) is 7.22. The highest BCUT2D eigenvalue weighted by molar-refractivity contribution is 5.93. The molecular formula is C13H24O2. The maximum atomic E-state index is 11.2. The lowest BCUT2D eigenvalue weighted by Gasteiger charge is -2.02. The van der Waals surface area contributed by atoms with Crippen molar-refractivity contribution >= 4 is 5.78 Å². The SMILES string of the molecule is CCCCCCC/C=C(\COC)C(C)=O. The highest BCUT2D eigenvalue weighted by Crippen LogP contribution is 2.07. The molecular weight excluding hydrogens is 188 g/mol. The van der Waals surface area contributed by atoms with Crippen molar-refractivity contribution in [3.63, 3.8) is 0 Å². The Hall–Kier alpha value is -0.630. The van der Waals surface area contributed by atoms with E-state index in [1.54, 1.807) is 14.0 Å². The normalized spacial score (nSPS) is 11.8. The molecule has 0 aliphatic rings. The molecule has 0 spiro atoms. The van der Waals surface area contributed by atoms with Crippen LogP contribution in [0.25, 0.3) is 0 Å². The third-order valence-corrected chi connectivity index (χ3v) is 2.45. The number of hydrogen-bond donors (Lipinski definition) is 0. The number of carbonyl (C=O) groups excluding carboxylic acids is 1. The largest absolute Gasteiger partial charge is 0.380 e. The van der Waals surface area contributed by atoms with E-state index in [0.717, 1.165) is 12.0 Å². The van der Waals surface area contributed by atoms with Crippen LogP contribution in [0.4, 0.5) is 0 Å². The number of methoxy groups -OCH3 is 1. The van der Waals surface area contributed by atoms with Crippen LogP contribution in [0.1, 0.15) is 52.4 Å². The van der Waals surface area contributed by atoms with Gasteiger partial charge < -0.3 is 4.74 Å². The van der Waals surface area contributed by atoms with Gasteiger partial charge in [-0.15, -0.1) is 0 Å². The number of carbonyl (C=O) groups is 1. The highest BCUT2D eigenvalue weighted by atomic mass is 16.5. The molecule has 0 heterocycles. The predicted molar refractivity (Wildman–Crippen MR) is 64.0 cm³/mol. The Morgan fingerprint density at radius 2 is 1.87 bits per heavy atom. The maximum absolute atomic E-state index is 11.2. The zero-order chi connectivity index (χ0) is 11.5. The van der Waals surface area contributed by atoms with Gasteiger partial charge in [-0.05, 0) is 19.8 Å². The second-order valence-electron chi connectivity index (χ2n) is 3.92. The molecule has 88 valence electrons. The standard InChI is InChI=1S/C13H24O2/c1-4-5-6-7-8-9-10-13(11-15-3)12(2)14/h10H,4-9,11H2,1-3H3/b13-10+. The van der Waals surface area contributed by atoms with E-state index in [2.05, 4.69) is 6.92 Å². The lowest BCUT2D eigenvalue weighted by Crippen LogP contribution is -2.03. The van der Waals surface area contributed by atoms with Crippen molar-refractivity contribution in [1.29, 1.82) is 0 Å². The summed E-state index contributed by atoms with van der Waals surface area (Å²) in [6, 6.07) is 0. The predicted octanol–water partition coefficient (Wildman–Crippen LogP) is 3.51. The molecule has 0 fully saturated rings. The zero-order valence-electron chi connectivity index (χ0n) is 10.3. The first-order valence-electron chi connectivity index (χ1n) is 5.91. The Morgan fingerprint density at radius 1 is 1.20 bits per heavy atom. The van der Waals surface area contributed by atoms with E-state index in [0.29, 0.717) is 6.61 Å². The molecule has 0 aromatic heterocycles. The summed E-state index contributed by atoms with van der Waals surface area (Å²) in [5.74, 6) is 0.130. The first kappa shape index (κ1) is 14.4. The summed E-state index contributed by atoms with van der Waals surface area (Å²) in [4.78, 5) is 11.2. The van der Waals surface area contributed by atoms with E-state index in [9.17, 15) is 4.79 Å². The van der Waals surface area contributed by atoms with Crippen LogP contribution in [-0.2, 0) is 9.53 Å². The maximum Gasteiger partial charge on any atom is 0.157 e. The Kier molecular flexibility index (Phi) is 9.49. The minimum Gasteiger partial charge on any atom is -0.380 e. The topological polar surface area (TPSA) is 26.3 Å². The van der Waals surface area contributed by atoms with Gasteiger partial charge in [-0.3, -0.25) is 4.79 Å². The van der Waals surface area contributed by atoms with Gasteiger partial charge in [0.1, 0.15) is 0 Å². The van der Waals surface area contributed by atoms with Crippen LogP contribution < -0.4 is 0 Å². The van der Waals surface area contributed by atoms with Crippen molar-refractivity contribution in [2.24, 2.45) is 0 Å². The lowest BCUT2D eigenvalue weighted by molar-refractivity contribution is -0.114. The molecule has 0 N–H and O–H groups in total. The van der Waals surface area contributed by atoms with Gasteiger partial charge in [-0.2, -0.15) is 0 Å². The van der Waals surface area contributed by atoms with E-state index in [1.807, 2.05) is 6.08 Å². The van der Waals surface area contributed by atoms with Crippen molar-refractivity contribution in [2.45, 2.75) is 52.4 Å². The van der Waals surface area contributed by atoms with Crippen molar-refractivity contribution < 1.29 is 9.53 Å². The molecule has 0 bridgehead atoms. The fourth-order valence-electron chi connectivity index (χ4n) is 1.48. The summed E-state index contributed by atoms with van der Waals surface area (Å²) in [5, 5.41) is 0. The van der Waals surface area contributed by atoms with E-state index < -0.39 is 0 Å². The van der Waals surface area contributed by atoms with Crippen LogP contribution in [0, 0.1) is 0 Å². The van der Waals surface area contributed by atoms with Crippen molar-refractivity contribution in [3.8, 4) is 0 Å². The monoisotopic (exact) mass is 212 g/mol. The van der Waals surface area contributed by atoms with E-state index in [1.165, 1.54) is 32.1 Å². The van der Waals surface area contributed by atoms with Crippen molar-refractivity contribution in [1.82, 2.24) is 0 Å². The number of Topliss-reactive ketones (excluding diaryl/α,β-unsaturated/α-hetero) is 1. The van der Waals surface area contributed by atoms with Crippen LogP contribution in [0.15, 0.2) is 11.6 Å². The minimum absolute atomic E-state index is 0.130. The molecule has 0 atom stereocenters. The third kappa shape index (κ3) is 8.37. The third-order valence-electron chi connectivity index (χ3n) is 2.45. The van der Waals surface area contributed by atoms with Crippen LogP contribution >= 0.6 is 0 Å². The fourth-order valence-corrected chi connectivity index (χ4v) is 1.48. The number of hydrogen-bond acceptors (Lipinski definition) is 2. The van der Waals surface area contributed by atoms with Crippen LogP contribution in [0.2, 0.25) is 0 Å². The molecule has 0 radical (unpaired) electrons. The number of ether oxygens (including phenoxy) is 1. The summed E-state index contributed by atoms with van der Waals surface area (Å²) in [6.07, 6.45) is 9.38. The fraction of sp³-hybridized carbons (Fsp3) is 0.769. The van der Waals surface area contributed by atoms with Crippen LogP contribution in [0.5, 0.6) is 0 Å². The Balaban J connectivity index is 3.65. The van der Waals surface area contributed by atoms with Crippen LogP contribution in [0.3, 0.4) is 0 Å². The summed E-state index contributed by atoms with van der Waals surface area (Å²) < 4.78 is 4.97. The smallest absolute Gasteiger partial charge is 0.157 e. The molecule has 0 saturated heterocycles. The van der Waals surface area contributed by atoms with Crippen LogP contribution in [-0.4, -0.2) is 19.5 Å². The summed E-state index contributed by atoms with van der Waals surface area (Å²) in [6.45, 7) is 4.26. The molecule has 2 heteroatoms. The number of ketones is 1. The molecule has 0 aromatic carbocycles. The van der Waals surface area contributed by atoms with Crippen molar-refractivity contribution in [2.75, 3.05) is 13.7 Å². The Morgan fingerprint density at radius 3 is 2.40 bits per heavy atom. The molecule has 0 aromatic rings. The van der Waals surface area contributed by atoms with Gasteiger partial charge in [0, 0.05) is 12.7 Å². The molecule has 15 heavy (non-hydrogen) atoms. The van der Waals surface area contributed by atoms with Gasteiger partial charge in [0.25, 0.3) is 0 Å². The average Bonchev–Trinajstić information content (AvgIpc) is 2.21. The molecule has 2 nitrogen and oxygen atoms in total. The van der Waals surface area contributed by atoms with Gasteiger partial charge in [0.15, 0.2) is 5.78 Å². The second kappa shape index (κ2) is 9.91. The number of rotatable bonds is 9. The molecule has 0 aliphatic heterocycles. The van der Waals surface area contributed by atoms with Crippen molar-refractivity contribution in [3.05, 3.63) is 11.6 Å². The molecule has 0 aliphatic carbocycles.